The summed E-state index contributed by atoms with van der Waals surface area (Å²) in [6.07, 6.45) is -2.46. The summed E-state index contributed by atoms with van der Waals surface area (Å²) in [7, 11) is 0. The van der Waals surface area contributed by atoms with Gasteiger partial charge in [-0.2, -0.15) is 0 Å². The number of hydrogen-bond donors (Lipinski definition) is 1. The Balaban J connectivity index is 3.88. The third-order valence-electron chi connectivity index (χ3n) is 1.34. The molecule has 3 nitrogen and oxygen atoms in total. The van der Waals surface area contributed by atoms with Gasteiger partial charge in [-0.05, 0) is 27.7 Å². The number of nitrogens with one attached hydrogen (secondary N) is 1. The van der Waals surface area contributed by atoms with Crippen LogP contribution in [0.25, 0.3) is 0 Å². The Kier molecular flexibility index (Phi) is 4.97. The fourth-order valence-corrected chi connectivity index (χ4v) is 0.739. The topological polar surface area (TPSA) is 38.3 Å². The van der Waals surface area contributed by atoms with E-state index >= 15 is 0 Å². The van der Waals surface area contributed by atoms with E-state index < -0.39 is 30.6 Å². The second-order valence-electron chi connectivity index (χ2n) is 4.05. The SMILES string of the molecule is CC(NCC(F)F)C(=O)OC(C)(C)C. The predicted octanol–water partition coefficient (Wildman–Crippen LogP) is 1.57. The van der Waals surface area contributed by atoms with Gasteiger partial charge < -0.3 is 4.74 Å². The Morgan fingerprint density at radius 1 is 1.43 bits per heavy atom. The largest absolute Gasteiger partial charge is 0.459 e. The van der Waals surface area contributed by atoms with Gasteiger partial charge in [0.1, 0.15) is 11.6 Å². The quantitative estimate of drug-likeness (QED) is 0.714. The van der Waals surface area contributed by atoms with E-state index in [-0.39, 0.29) is 0 Å². The molecule has 0 saturated carbocycles. The van der Waals surface area contributed by atoms with Crippen molar-refractivity contribution in [2.24, 2.45) is 0 Å². The number of hydrogen-bond acceptors (Lipinski definition) is 3. The summed E-state index contributed by atoms with van der Waals surface area (Å²) in [6, 6.07) is -0.705. The van der Waals surface area contributed by atoms with Crippen molar-refractivity contribution in [2.75, 3.05) is 6.54 Å². The summed E-state index contributed by atoms with van der Waals surface area (Å²) in [5.74, 6) is -0.516. The number of ether oxygens (including phenoxy) is 1. The van der Waals surface area contributed by atoms with Crippen molar-refractivity contribution < 1.29 is 18.3 Å². The highest BCUT2D eigenvalue weighted by atomic mass is 19.3. The molecule has 0 aliphatic rings. The van der Waals surface area contributed by atoms with Gasteiger partial charge in [0.15, 0.2) is 0 Å². The Labute approximate surface area is 82.8 Å². The average Bonchev–Trinajstić information content (AvgIpc) is 1.96. The molecule has 0 rings (SSSR count). The molecule has 1 atom stereocenters. The van der Waals surface area contributed by atoms with Crippen LogP contribution in [0.1, 0.15) is 27.7 Å². The van der Waals surface area contributed by atoms with Crippen LogP contribution in [0.4, 0.5) is 8.78 Å². The molecule has 14 heavy (non-hydrogen) atoms. The molecule has 1 unspecified atom stereocenters. The molecule has 5 heteroatoms. The highest BCUT2D eigenvalue weighted by molar-refractivity contribution is 5.75. The lowest BCUT2D eigenvalue weighted by Crippen LogP contribution is -2.41. The summed E-state index contributed by atoms with van der Waals surface area (Å²) in [6.45, 7) is 6.18. The molecular formula is C9H17F2NO2. The van der Waals surface area contributed by atoms with Gasteiger partial charge in [-0.1, -0.05) is 0 Å². The molecule has 0 saturated heterocycles. The average molecular weight is 209 g/mol. The third kappa shape index (κ3) is 6.77. The van der Waals surface area contributed by atoms with E-state index in [0.29, 0.717) is 0 Å². The Hall–Kier alpha value is -0.710. The minimum Gasteiger partial charge on any atom is -0.459 e. The van der Waals surface area contributed by atoms with Gasteiger partial charge in [0.2, 0.25) is 0 Å². The molecule has 0 aliphatic heterocycles. The molecular weight excluding hydrogens is 192 g/mol. The zero-order chi connectivity index (χ0) is 11.4. The van der Waals surface area contributed by atoms with Crippen LogP contribution in [0.5, 0.6) is 0 Å². The van der Waals surface area contributed by atoms with Gasteiger partial charge >= 0.3 is 5.97 Å². The molecule has 0 bridgehead atoms. The van der Waals surface area contributed by atoms with E-state index in [1.54, 1.807) is 20.8 Å². The summed E-state index contributed by atoms with van der Waals surface area (Å²) in [4.78, 5) is 11.2. The first-order valence-electron chi connectivity index (χ1n) is 4.47. The van der Waals surface area contributed by atoms with Crippen LogP contribution in [0.2, 0.25) is 0 Å². The number of rotatable bonds is 4. The minimum absolute atomic E-state index is 0.500. The lowest BCUT2D eigenvalue weighted by molar-refractivity contribution is -0.157. The molecule has 0 aromatic carbocycles. The number of alkyl halides is 2. The van der Waals surface area contributed by atoms with Crippen molar-refractivity contribution in [1.29, 1.82) is 0 Å². The molecule has 1 N–H and O–H groups in total. The minimum atomic E-state index is -2.46. The Morgan fingerprint density at radius 3 is 2.29 bits per heavy atom. The van der Waals surface area contributed by atoms with Crippen LogP contribution >= 0.6 is 0 Å². The van der Waals surface area contributed by atoms with Gasteiger partial charge in [0.05, 0.1) is 6.54 Å². The lowest BCUT2D eigenvalue weighted by Gasteiger charge is -2.22. The summed E-state index contributed by atoms with van der Waals surface area (Å²) in [5.41, 5.74) is -0.585. The van der Waals surface area contributed by atoms with Gasteiger partial charge in [-0.15, -0.1) is 0 Å². The molecule has 0 aromatic heterocycles. The van der Waals surface area contributed by atoms with Crippen LogP contribution < -0.4 is 5.32 Å². The zero-order valence-corrected chi connectivity index (χ0v) is 8.93. The number of carbonyl (C=O) groups is 1. The van der Waals surface area contributed by atoms with Crippen molar-refractivity contribution >= 4 is 5.97 Å². The molecule has 84 valence electrons. The van der Waals surface area contributed by atoms with E-state index in [9.17, 15) is 13.6 Å². The van der Waals surface area contributed by atoms with E-state index in [0.717, 1.165) is 0 Å². The summed E-state index contributed by atoms with van der Waals surface area (Å²) >= 11 is 0. The maximum atomic E-state index is 11.8. The molecule has 0 amide bonds. The van der Waals surface area contributed by atoms with E-state index in [4.69, 9.17) is 4.74 Å². The first-order valence-corrected chi connectivity index (χ1v) is 4.47. The molecule has 0 aromatic rings. The summed E-state index contributed by atoms with van der Waals surface area (Å²) < 4.78 is 28.5. The van der Waals surface area contributed by atoms with E-state index in [2.05, 4.69) is 5.32 Å². The molecule has 0 fully saturated rings. The molecule has 0 radical (unpaired) electrons. The van der Waals surface area contributed by atoms with Crippen LogP contribution in [0, 0.1) is 0 Å². The van der Waals surface area contributed by atoms with E-state index in [1.807, 2.05) is 0 Å². The Morgan fingerprint density at radius 2 is 1.93 bits per heavy atom. The normalized spacial score (nSPS) is 14.2. The monoisotopic (exact) mass is 209 g/mol. The third-order valence-corrected chi connectivity index (χ3v) is 1.34. The van der Waals surface area contributed by atoms with E-state index in [1.165, 1.54) is 6.92 Å². The van der Waals surface area contributed by atoms with Gasteiger partial charge in [-0.3, -0.25) is 10.1 Å². The highest BCUT2D eigenvalue weighted by Gasteiger charge is 2.21. The van der Waals surface area contributed by atoms with Crippen LogP contribution in [-0.4, -0.2) is 30.6 Å². The zero-order valence-electron chi connectivity index (χ0n) is 8.93. The van der Waals surface area contributed by atoms with Crippen LogP contribution in [-0.2, 0) is 9.53 Å². The van der Waals surface area contributed by atoms with Gasteiger partial charge in [-0.25, -0.2) is 8.78 Å². The standard InChI is InChI=1S/C9H17F2NO2/c1-6(12-5-7(10)11)8(13)14-9(2,3)4/h6-7,12H,5H2,1-4H3. The van der Waals surface area contributed by atoms with Crippen molar-refractivity contribution in [3.63, 3.8) is 0 Å². The van der Waals surface area contributed by atoms with Gasteiger partial charge in [0, 0.05) is 0 Å². The molecule has 0 spiro atoms. The maximum absolute atomic E-state index is 11.8. The highest BCUT2D eigenvalue weighted by Crippen LogP contribution is 2.08. The second kappa shape index (κ2) is 5.24. The maximum Gasteiger partial charge on any atom is 0.323 e. The van der Waals surface area contributed by atoms with Crippen molar-refractivity contribution in [3.05, 3.63) is 0 Å². The fraction of sp³-hybridized carbons (Fsp3) is 0.889. The lowest BCUT2D eigenvalue weighted by atomic mass is 10.2. The molecule has 0 heterocycles. The first kappa shape index (κ1) is 13.3. The second-order valence-corrected chi connectivity index (χ2v) is 4.05. The van der Waals surface area contributed by atoms with Crippen molar-refractivity contribution in [2.45, 2.75) is 45.8 Å². The molecule has 0 aliphatic carbocycles. The number of esters is 1. The van der Waals surface area contributed by atoms with Gasteiger partial charge in [0.25, 0.3) is 6.43 Å². The van der Waals surface area contributed by atoms with Crippen molar-refractivity contribution in [1.82, 2.24) is 5.32 Å². The first-order chi connectivity index (χ1) is 6.22. The smallest absolute Gasteiger partial charge is 0.323 e. The fourth-order valence-electron chi connectivity index (χ4n) is 0.739. The van der Waals surface area contributed by atoms with Crippen LogP contribution in [0.15, 0.2) is 0 Å². The van der Waals surface area contributed by atoms with Crippen molar-refractivity contribution in [3.8, 4) is 0 Å². The van der Waals surface area contributed by atoms with Crippen LogP contribution in [0.3, 0.4) is 0 Å². The number of carbonyl (C=O) groups excluding carboxylic acids is 1. The number of halogens is 2. The Bertz CT molecular complexity index is 190. The summed E-state index contributed by atoms with van der Waals surface area (Å²) in [5, 5.41) is 2.38. The predicted molar refractivity (Wildman–Crippen MR) is 49.3 cm³/mol.